The normalized spacial score (nSPS) is 11.2. The van der Waals surface area contributed by atoms with Crippen LogP contribution in [0.2, 0.25) is 0 Å². The van der Waals surface area contributed by atoms with Crippen molar-refractivity contribution >= 4 is 0 Å². The molecular formula is C22H43NO. The first kappa shape index (κ1) is 23.2. The van der Waals surface area contributed by atoms with Gasteiger partial charge in [0.15, 0.2) is 0 Å². The number of rotatable bonds is 19. The molecule has 0 bridgehead atoms. The second-order valence-corrected chi connectivity index (χ2v) is 6.88. The summed E-state index contributed by atoms with van der Waals surface area (Å²) in [5.41, 5.74) is 0. The van der Waals surface area contributed by atoms with E-state index in [1.165, 1.54) is 89.9 Å². The van der Waals surface area contributed by atoms with Crippen molar-refractivity contribution in [3.8, 4) is 0 Å². The maximum absolute atomic E-state index is 8.91. The second-order valence-electron chi connectivity index (χ2n) is 6.88. The van der Waals surface area contributed by atoms with Crippen LogP contribution in [0, 0.1) is 0 Å². The van der Waals surface area contributed by atoms with Crippen LogP contribution in [0.25, 0.3) is 0 Å². The molecule has 0 aromatic carbocycles. The fourth-order valence-corrected chi connectivity index (χ4v) is 2.99. The van der Waals surface area contributed by atoms with Crippen molar-refractivity contribution in [1.82, 2.24) is 4.90 Å². The Balaban J connectivity index is 3.19. The van der Waals surface area contributed by atoms with E-state index in [1.54, 1.807) is 0 Å². The second kappa shape index (κ2) is 20.3. The van der Waals surface area contributed by atoms with Crippen LogP contribution in [0.15, 0.2) is 24.9 Å². The number of aliphatic hydroxyl groups is 1. The van der Waals surface area contributed by atoms with E-state index in [4.69, 9.17) is 5.11 Å². The Morgan fingerprint density at radius 1 is 0.708 bits per heavy atom. The fourth-order valence-electron chi connectivity index (χ4n) is 2.99. The Kier molecular flexibility index (Phi) is 19.6. The number of allylic oxidation sites excluding steroid dienone is 2. The Morgan fingerprint density at radius 3 is 1.71 bits per heavy atom. The topological polar surface area (TPSA) is 23.5 Å². The third kappa shape index (κ3) is 17.6. The number of aliphatic hydroxyl groups excluding tert-OH is 1. The molecular weight excluding hydrogens is 294 g/mol. The van der Waals surface area contributed by atoms with Gasteiger partial charge in [-0.05, 0) is 38.3 Å². The highest BCUT2D eigenvalue weighted by Gasteiger charge is 1.97. The standard InChI is InChI=1S/C22H43NO/c1-3-5-6-7-8-9-10-11-12-13-14-15-16-17-18-19-20-23(4-2)21-22-24/h4,11-12,24H,2-3,5-10,13-22H2,1H3/b12-11-. The molecule has 2 heteroatoms. The molecule has 0 unspecified atom stereocenters. The van der Waals surface area contributed by atoms with Crippen LogP contribution in [-0.2, 0) is 0 Å². The summed E-state index contributed by atoms with van der Waals surface area (Å²) in [5, 5.41) is 8.91. The van der Waals surface area contributed by atoms with Gasteiger partial charge < -0.3 is 10.0 Å². The molecule has 0 saturated carbocycles. The van der Waals surface area contributed by atoms with Gasteiger partial charge in [-0.15, -0.1) is 0 Å². The molecule has 0 atom stereocenters. The highest BCUT2D eigenvalue weighted by Crippen LogP contribution is 2.10. The molecule has 0 aromatic heterocycles. The van der Waals surface area contributed by atoms with E-state index in [0.717, 1.165) is 6.54 Å². The van der Waals surface area contributed by atoms with Crippen molar-refractivity contribution in [2.75, 3.05) is 19.7 Å². The van der Waals surface area contributed by atoms with E-state index in [0.29, 0.717) is 6.54 Å². The van der Waals surface area contributed by atoms with Crippen LogP contribution >= 0.6 is 0 Å². The molecule has 1 N–H and O–H groups in total. The van der Waals surface area contributed by atoms with Crippen molar-refractivity contribution < 1.29 is 5.11 Å². The van der Waals surface area contributed by atoms with E-state index in [1.807, 2.05) is 6.20 Å². The number of nitrogens with zero attached hydrogens (tertiary/aromatic N) is 1. The SMILES string of the molecule is C=CN(CCO)CCCCCCCC/C=C\CCCCCCCC. The van der Waals surface area contributed by atoms with Crippen molar-refractivity contribution in [2.24, 2.45) is 0 Å². The van der Waals surface area contributed by atoms with Gasteiger partial charge in [0, 0.05) is 13.1 Å². The minimum Gasteiger partial charge on any atom is -0.395 e. The zero-order valence-electron chi connectivity index (χ0n) is 16.4. The predicted octanol–water partition coefficient (Wildman–Crippen LogP) is 6.46. The predicted molar refractivity (Wildman–Crippen MR) is 108 cm³/mol. The van der Waals surface area contributed by atoms with Crippen molar-refractivity contribution in [2.45, 2.75) is 96.8 Å². The lowest BCUT2D eigenvalue weighted by molar-refractivity contribution is 0.234. The third-order valence-corrected chi connectivity index (χ3v) is 4.60. The lowest BCUT2D eigenvalue weighted by atomic mass is 10.1. The first-order chi connectivity index (χ1) is 11.8. The molecule has 2 nitrogen and oxygen atoms in total. The quantitative estimate of drug-likeness (QED) is 0.216. The van der Waals surface area contributed by atoms with Gasteiger partial charge >= 0.3 is 0 Å². The highest BCUT2D eigenvalue weighted by molar-refractivity contribution is 4.81. The van der Waals surface area contributed by atoms with Gasteiger partial charge in [-0.1, -0.05) is 83.4 Å². The van der Waals surface area contributed by atoms with Crippen LogP contribution in [0.5, 0.6) is 0 Å². The summed E-state index contributed by atoms with van der Waals surface area (Å²) in [5.74, 6) is 0. The molecule has 142 valence electrons. The summed E-state index contributed by atoms with van der Waals surface area (Å²) in [4.78, 5) is 2.11. The van der Waals surface area contributed by atoms with E-state index in [-0.39, 0.29) is 6.61 Å². The first-order valence-corrected chi connectivity index (χ1v) is 10.5. The fraction of sp³-hybridized carbons (Fsp3) is 0.818. The van der Waals surface area contributed by atoms with Gasteiger partial charge in [-0.25, -0.2) is 0 Å². The van der Waals surface area contributed by atoms with E-state index < -0.39 is 0 Å². The van der Waals surface area contributed by atoms with Crippen LogP contribution in [-0.4, -0.2) is 29.7 Å². The molecule has 0 fully saturated rings. The monoisotopic (exact) mass is 337 g/mol. The summed E-state index contributed by atoms with van der Waals surface area (Å²) >= 11 is 0. The van der Waals surface area contributed by atoms with Gasteiger partial charge in [-0.2, -0.15) is 0 Å². The van der Waals surface area contributed by atoms with Gasteiger partial charge in [0.1, 0.15) is 0 Å². The molecule has 0 saturated heterocycles. The zero-order chi connectivity index (χ0) is 17.7. The minimum absolute atomic E-state index is 0.221. The Morgan fingerprint density at radius 2 is 1.21 bits per heavy atom. The maximum atomic E-state index is 8.91. The maximum Gasteiger partial charge on any atom is 0.0606 e. The Bertz CT molecular complexity index is 275. The van der Waals surface area contributed by atoms with E-state index >= 15 is 0 Å². The van der Waals surface area contributed by atoms with Gasteiger partial charge in [0.2, 0.25) is 0 Å². The summed E-state index contributed by atoms with van der Waals surface area (Å²) in [6, 6.07) is 0. The number of hydrogen-bond donors (Lipinski definition) is 1. The van der Waals surface area contributed by atoms with E-state index in [2.05, 4.69) is 30.6 Å². The summed E-state index contributed by atoms with van der Waals surface area (Å²) < 4.78 is 0. The highest BCUT2D eigenvalue weighted by atomic mass is 16.3. The third-order valence-electron chi connectivity index (χ3n) is 4.60. The molecule has 0 aliphatic rings. The summed E-state index contributed by atoms with van der Waals surface area (Å²) in [6.07, 6.45) is 25.5. The van der Waals surface area contributed by atoms with Crippen molar-refractivity contribution in [3.63, 3.8) is 0 Å². The van der Waals surface area contributed by atoms with Crippen LogP contribution in [0.4, 0.5) is 0 Å². The van der Waals surface area contributed by atoms with Crippen LogP contribution in [0.3, 0.4) is 0 Å². The lowest BCUT2D eigenvalue weighted by Crippen LogP contribution is -2.21. The smallest absolute Gasteiger partial charge is 0.0606 e. The lowest BCUT2D eigenvalue weighted by Gasteiger charge is -2.18. The first-order valence-electron chi connectivity index (χ1n) is 10.5. The van der Waals surface area contributed by atoms with Crippen molar-refractivity contribution in [3.05, 3.63) is 24.9 Å². The average Bonchev–Trinajstić information content (AvgIpc) is 2.60. The Labute approximate surface area is 152 Å². The average molecular weight is 338 g/mol. The molecule has 0 spiro atoms. The molecule has 0 amide bonds. The van der Waals surface area contributed by atoms with Crippen molar-refractivity contribution in [1.29, 1.82) is 0 Å². The molecule has 0 aliphatic heterocycles. The van der Waals surface area contributed by atoms with Crippen LogP contribution < -0.4 is 0 Å². The van der Waals surface area contributed by atoms with Crippen LogP contribution in [0.1, 0.15) is 96.8 Å². The zero-order valence-corrected chi connectivity index (χ0v) is 16.4. The molecule has 0 radical (unpaired) electrons. The van der Waals surface area contributed by atoms with Gasteiger partial charge in [0.25, 0.3) is 0 Å². The summed E-state index contributed by atoms with van der Waals surface area (Å²) in [7, 11) is 0. The molecule has 24 heavy (non-hydrogen) atoms. The largest absolute Gasteiger partial charge is 0.395 e. The van der Waals surface area contributed by atoms with Gasteiger partial charge in [0.05, 0.1) is 6.61 Å². The molecule has 0 heterocycles. The number of hydrogen-bond acceptors (Lipinski definition) is 2. The van der Waals surface area contributed by atoms with E-state index in [9.17, 15) is 0 Å². The Hall–Kier alpha value is -0.760. The molecule has 0 rings (SSSR count). The van der Waals surface area contributed by atoms with Gasteiger partial charge in [-0.3, -0.25) is 0 Å². The summed E-state index contributed by atoms with van der Waals surface area (Å²) in [6.45, 7) is 8.03. The molecule has 0 aromatic rings. The minimum atomic E-state index is 0.221. The number of unbranched alkanes of at least 4 members (excludes halogenated alkanes) is 12. The molecule has 0 aliphatic carbocycles.